The first-order valence-electron chi connectivity index (χ1n) is 7.98. The number of hydrogen-bond acceptors (Lipinski definition) is 5. The first-order valence-corrected chi connectivity index (χ1v) is 8.80. The Labute approximate surface area is 130 Å². The smallest absolute Gasteiger partial charge is 0.226 e. The minimum absolute atomic E-state index is 0.774. The van der Waals surface area contributed by atoms with Gasteiger partial charge in [-0.25, -0.2) is 4.98 Å². The highest BCUT2D eigenvalue weighted by Gasteiger charge is 2.25. The van der Waals surface area contributed by atoms with Crippen LogP contribution >= 0.6 is 11.3 Å². The summed E-state index contributed by atoms with van der Waals surface area (Å²) in [6, 6.07) is 2.23. The number of fused-ring (bicyclic) bond motifs is 1. The molecule has 5 heteroatoms. The van der Waals surface area contributed by atoms with Crippen LogP contribution < -0.4 is 10.2 Å². The summed E-state index contributed by atoms with van der Waals surface area (Å²) in [6.45, 7) is 9.58. The van der Waals surface area contributed by atoms with Crippen molar-refractivity contribution in [2.24, 2.45) is 5.92 Å². The summed E-state index contributed by atoms with van der Waals surface area (Å²) in [5.41, 5.74) is 0. The summed E-state index contributed by atoms with van der Waals surface area (Å²) in [5.74, 6) is 2.74. The lowest BCUT2D eigenvalue weighted by Crippen LogP contribution is -2.26. The zero-order chi connectivity index (χ0) is 14.8. The Morgan fingerprint density at radius 2 is 2.14 bits per heavy atom. The first-order chi connectivity index (χ1) is 10.2. The first kappa shape index (κ1) is 14.6. The van der Waals surface area contributed by atoms with Gasteiger partial charge in [0, 0.05) is 24.5 Å². The van der Waals surface area contributed by atoms with Gasteiger partial charge in [0.05, 0.1) is 5.39 Å². The zero-order valence-corrected chi connectivity index (χ0v) is 14.0. The van der Waals surface area contributed by atoms with Gasteiger partial charge in [0.1, 0.15) is 10.6 Å². The highest BCUT2D eigenvalue weighted by Crippen LogP contribution is 2.35. The molecule has 0 unspecified atom stereocenters. The van der Waals surface area contributed by atoms with Crippen LogP contribution in [0.15, 0.2) is 6.07 Å². The molecule has 1 N–H and O–H groups in total. The molecule has 0 bridgehead atoms. The van der Waals surface area contributed by atoms with E-state index >= 15 is 0 Å². The Morgan fingerprint density at radius 1 is 1.33 bits per heavy atom. The van der Waals surface area contributed by atoms with Gasteiger partial charge < -0.3 is 10.2 Å². The molecule has 2 heterocycles. The van der Waals surface area contributed by atoms with Crippen LogP contribution in [0.5, 0.6) is 0 Å². The predicted molar refractivity (Wildman–Crippen MR) is 91.5 cm³/mol. The molecule has 114 valence electrons. The van der Waals surface area contributed by atoms with E-state index in [-0.39, 0.29) is 0 Å². The third-order valence-corrected chi connectivity index (χ3v) is 4.83. The van der Waals surface area contributed by atoms with Gasteiger partial charge in [0.2, 0.25) is 5.95 Å². The van der Waals surface area contributed by atoms with Crippen molar-refractivity contribution in [1.29, 1.82) is 0 Å². The molecule has 1 saturated carbocycles. The van der Waals surface area contributed by atoms with E-state index in [1.165, 1.54) is 23.1 Å². The minimum Gasteiger partial charge on any atom is -0.356 e. The van der Waals surface area contributed by atoms with Crippen molar-refractivity contribution < 1.29 is 0 Å². The van der Waals surface area contributed by atoms with Gasteiger partial charge in [-0.2, -0.15) is 4.98 Å². The molecule has 2 aromatic heterocycles. The lowest BCUT2D eigenvalue weighted by molar-refractivity contribution is 0.734. The van der Waals surface area contributed by atoms with Gasteiger partial charge >= 0.3 is 0 Å². The Hall–Kier alpha value is -1.36. The molecule has 0 aromatic carbocycles. The maximum absolute atomic E-state index is 4.81. The zero-order valence-electron chi connectivity index (χ0n) is 13.1. The van der Waals surface area contributed by atoms with Gasteiger partial charge in [-0.15, -0.1) is 11.3 Å². The lowest BCUT2D eigenvalue weighted by atomic mass is 10.3. The maximum Gasteiger partial charge on any atom is 0.226 e. The summed E-state index contributed by atoms with van der Waals surface area (Å²) in [4.78, 5) is 14.3. The predicted octanol–water partition coefficient (Wildman–Crippen LogP) is 4.06. The number of aromatic nitrogens is 2. The van der Waals surface area contributed by atoms with E-state index in [9.17, 15) is 0 Å². The van der Waals surface area contributed by atoms with Crippen molar-refractivity contribution in [1.82, 2.24) is 9.97 Å². The third kappa shape index (κ3) is 3.28. The highest BCUT2D eigenvalue weighted by atomic mass is 32.1. The molecule has 0 radical (unpaired) electrons. The second kappa shape index (κ2) is 6.18. The van der Waals surface area contributed by atoms with Crippen molar-refractivity contribution >= 4 is 33.3 Å². The van der Waals surface area contributed by atoms with Gasteiger partial charge in [-0.05, 0) is 45.1 Å². The number of thiophene rings is 1. The summed E-state index contributed by atoms with van der Waals surface area (Å²) < 4.78 is 0. The molecule has 1 aliphatic rings. The number of nitrogens with zero attached hydrogens (tertiary/aromatic N) is 3. The summed E-state index contributed by atoms with van der Waals surface area (Å²) in [5, 5.41) is 4.55. The SMILES string of the molecule is CCCNc1nc(N(CC)CC2CC2)c2cc(C)sc2n1. The molecule has 0 atom stereocenters. The van der Waals surface area contributed by atoms with Crippen LogP contribution in [0.25, 0.3) is 10.2 Å². The van der Waals surface area contributed by atoms with E-state index in [0.717, 1.165) is 48.6 Å². The van der Waals surface area contributed by atoms with Crippen LogP contribution in [0.4, 0.5) is 11.8 Å². The fourth-order valence-electron chi connectivity index (χ4n) is 2.56. The quantitative estimate of drug-likeness (QED) is 0.837. The van der Waals surface area contributed by atoms with Crippen molar-refractivity contribution in [3.8, 4) is 0 Å². The summed E-state index contributed by atoms with van der Waals surface area (Å²) >= 11 is 1.76. The fraction of sp³-hybridized carbons (Fsp3) is 0.625. The molecule has 0 amide bonds. The summed E-state index contributed by atoms with van der Waals surface area (Å²) in [6.07, 6.45) is 3.82. The average molecular weight is 304 g/mol. The van der Waals surface area contributed by atoms with E-state index < -0.39 is 0 Å². The molecule has 21 heavy (non-hydrogen) atoms. The van der Waals surface area contributed by atoms with Crippen LogP contribution in [0.2, 0.25) is 0 Å². The Kier molecular flexibility index (Phi) is 4.29. The van der Waals surface area contributed by atoms with E-state index in [1.807, 2.05) is 0 Å². The summed E-state index contributed by atoms with van der Waals surface area (Å²) in [7, 11) is 0. The van der Waals surface area contributed by atoms with E-state index in [1.54, 1.807) is 11.3 Å². The average Bonchev–Trinajstić information content (AvgIpc) is 3.21. The van der Waals surface area contributed by atoms with Crippen molar-refractivity contribution in [2.45, 2.75) is 40.0 Å². The second-order valence-electron chi connectivity index (χ2n) is 5.86. The van der Waals surface area contributed by atoms with E-state index in [4.69, 9.17) is 4.98 Å². The molecule has 3 rings (SSSR count). The van der Waals surface area contributed by atoms with Crippen molar-refractivity contribution in [3.05, 3.63) is 10.9 Å². The van der Waals surface area contributed by atoms with Crippen LogP contribution in [0, 0.1) is 12.8 Å². The number of hydrogen-bond donors (Lipinski definition) is 1. The highest BCUT2D eigenvalue weighted by molar-refractivity contribution is 7.18. The Bertz CT molecular complexity index is 618. The lowest BCUT2D eigenvalue weighted by Gasteiger charge is -2.23. The molecule has 1 aliphatic carbocycles. The third-order valence-electron chi connectivity index (χ3n) is 3.89. The topological polar surface area (TPSA) is 41.1 Å². The molecule has 0 spiro atoms. The normalized spacial score (nSPS) is 14.6. The van der Waals surface area contributed by atoms with Crippen molar-refractivity contribution in [3.63, 3.8) is 0 Å². The monoisotopic (exact) mass is 304 g/mol. The molecule has 1 fully saturated rings. The number of anilines is 2. The molecular weight excluding hydrogens is 280 g/mol. The standard InChI is InChI=1S/C16H24N4S/c1-4-8-17-16-18-14(20(5-2)10-12-6-7-12)13-9-11(3)21-15(13)19-16/h9,12H,4-8,10H2,1-3H3,(H,17,18,19). The Morgan fingerprint density at radius 3 is 2.81 bits per heavy atom. The number of rotatable bonds is 7. The van der Waals surface area contributed by atoms with Crippen LogP contribution in [0.1, 0.15) is 38.0 Å². The Balaban J connectivity index is 1.99. The van der Waals surface area contributed by atoms with Crippen molar-refractivity contribution in [2.75, 3.05) is 29.9 Å². The van der Waals surface area contributed by atoms with Gasteiger partial charge in [0.25, 0.3) is 0 Å². The van der Waals surface area contributed by atoms with Crippen LogP contribution in [0.3, 0.4) is 0 Å². The van der Waals surface area contributed by atoms with Gasteiger partial charge in [-0.3, -0.25) is 0 Å². The molecule has 0 aliphatic heterocycles. The van der Waals surface area contributed by atoms with Gasteiger partial charge in [0.15, 0.2) is 0 Å². The van der Waals surface area contributed by atoms with Crippen LogP contribution in [-0.4, -0.2) is 29.6 Å². The van der Waals surface area contributed by atoms with E-state index in [0.29, 0.717) is 0 Å². The number of aryl methyl sites for hydroxylation is 1. The number of nitrogens with one attached hydrogen (secondary N) is 1. The minimum atomic E-state index is 0.774. The fourth-order valence-corrected chi connectivity index (χ4v) is 3.44. The maximum atomic E-state index is 4.81. The van der Waals surface area contributed by atoms with Crippen LogP contribution in [-0.2, 0) is 0 Å². The van der Waals surface area contributed by atoms with Gasteiger partial charge in [-0.1, -0.05) is 6.92 Å². The second-order valence-corrected chi connectivity index (χ2v) is 7.09. The molecular formula is C16H24N4S. The molecule has 2 aromatic rings. The molecule has 0 saturated heterocycles. The van der Waals surface area contributed by atoms with E-state index in [2.05, 4.69) is 42.0 Å². The largest absolute Gasteiger partial charge is 0.356 e. The molecule has 4 nitrogen and oxygen atoms in total.